The second-order valence-corrected chi connectivity index (χ2v) is 10.0. The first kappa shape index (κ1) is 24.3. The Kier molecular flexibility index (Phi) is 6.73. The van der Waals surface area contributed by atoms with E-state index in [2.05, 4.69) is 66.4 Å². The number of likely N-dealkylation sites (tertiary alicyclic amines) is 1. The van der Waals surface area contributed by atoms with E-state index in [1.54, 1.807) is 12.0 Å². The Bertz CT molecular complexity index is 1220. The summed E-state index contributed by atoms with van der Waals surface area (Å²) in [7, 11) is 5.73. The van der Waals surface area contributed by atoms with Crippen LogP contribution in [0.2, 0.25) is 0 Å². The first-order chi connectivity index (χ1) is 17.4. The molecular weight excluding hydrogens is 452 g/mol. The fraction of sp³-hybridized carbons (Fsp3) is 0.429. The molecule has 5 rings (SSSR count). The Morgan fingerprint density at radius 1 is 1.06 bits per heavy atom. The maximum atomic E-state index is 11.2. The highest BCUT2D eigenvalue weighted by atomic mass is 16.5. The number of hydrogen-bond donors (Lipinski definition) is 2. The average molecular weight is 489 g/mol. The minimum atomic E-state index is -0.830. The smallest absolute Gasteiger partial charge is 0.229 e. The minimum absolute atomic E-state index is 0.471. The summed E-state index contributed by atoms with van der Waals surface area (Å²) in [6.07, 6.45) is 3.33. The van der Waals surface area contributed by atoms with Gasteiger partial charge in [-0.1, -0.05) is 24.3 Å². The zero-order valence-corrected chi connectivity index (χ0v) is 21.8. The highest BCUT2D eigenvalue weighted by Crippen LogP contribution is 2.37. The van der Waals surface area contributed by atoms with Crippen LogP contribution in [0.3, 0.4) is 0 Å². The third kappa shape index (κ3) is 4.58. The van der Waals surface area contributed by atoms with Gasteiger partial charge in [-0.2, -0.15) is 4.98 Å². The molecule has 2 aromatic carbocycles. The third-order valence-corrected chi connectivity index (χ3v) is 7.53. The molecule has 1 fully saturated rings. The molecular formula is C28H36N6O2. The number of nitrogens with one attached hydrogen (secondary N) is 1. The van der Waals surface area contributed by atoms with E-state index in [4.69, 9.17) is 9.72 Å². The number of methoxy groups -OCH3 is 1. The minimum Gasteiger partial charge on any atom is -0.495 e. The molecule has 2 aliphatic heterocycles. The van der Waals surface area contributed by atoms with Gasteiger partial charge in [-0.3, -0.25) is 0 Å². The zero-order chi connectivity index (χ0) is 25.4. The average Bonchev–Trinajstić information content (AvgIpc) is 2.88. The van der Waals surface area contributed by atoms with Gasteiger partial charge in [-0.25, -0.2) is 4.98 Å². The summed E-state index contributed by atoms with van der Waals surface area (Å²) in [6, 6.07) is 12.5. The number of benzene rings is 2. The molecule has 36 heavy (non-hydrogen) atoms. The summed E-state index contributed by atoms with van der Waals surface area (Å²) in [5, 5.41) is 14.5. The van der Waals surface area contributed by atoms with E-state index in [-0.39, 0.29) is 0 Å². The third-order valence-electron chi connectivity index (χ3n) is 7.53. The van der Waals surface area contributed by atoms with Gasteiger partial charge in [-0.15, -0.1) is 0 Å². The number of fused-ring (bicyclic) bond motifs is 1. The Hall–Kier alpha value is -3.36. The maximum absolute atomic E-state index is 11.2. The van der Waals surface area contributed by atoms with Crippen LogP contribution in [0.1, 0.15) is 41.0 Å². The van der Waals surface area contributed by atoms with Crippen molar-refractivity contribution in [1.82, 2.24) is 14.9 Å². The number of aliphatic hydroxyl groups excluding tert-OH is 1. The molecule has 8 heteroatoms. The van der Waals surface area contributed by atoms with Gasteiger partial charge in [0.15, 0.2) is 0 Å². The lowest BCUT2D eigenvalue weighted by Crippen LogP contribution is -2.51. The van der Waals surface area contributed by atoms with Crippen molar-refractivity contribution in [2.75, 3.05) is 49.4 Å². The first-order valence-electron chi connectivity index (χ1n) is 12.6. The molecule has 1 aromatic heterocycles. The van der Waals surface area contributed by atoms with Gasteiger partial charge in [0.05, 0.1) is 19.3 Å². The normalized spacial score (nSPS) is 18.8. The SMILES string of the molecule is COc1cc(C2CCN(C)CC2)ccc1Nc1ncc2c(n1)N(C)C(O)N(c1c(C)cccc1C)C2. The van der Waals surface area contributed by atoms with Crippen molar-refractivity contribution < 1.29 is 9.84 Å². The van der Waals surface area contributed by atoms with Crippen LogP contribution in [0.25, 0.3) is 0 Å². The molecule has 1 saturated heterocycles. The molecule has 3 aromatic rings. The maximum Gasteiger partial charge on any atom is 0.229 e. The van der Waals surface area contributed by atoms with Crippen LogP contribution in [0, 0.1) is 13.8 Å². The predicted molar refractivity (Wildman–Crippen MR) is 144 cm³/mol. The molecule has 0 radical (unpaired) electrons. The molecule has 190 valence electrons. The number of anilines is 4. The number of para-hydroxylation sites is 1. The molecule has 1 atom stereocenters. The van der Waals surface area contributed by atoms with Crippen molar-refractivity contribution in [3.8, 4) is 5.75 Å². The Labute approximate surface area is 213 Å². The van der Waals surface area contributed by atoms with E-state index in [0.717, 1.165) is 59.7 Å². The van der Waals surface area contributed by atoms with Crippen molar-refractivity contribution >= 4 is 23.1 Å². The van der Waals surface area contributed by atoms with Gasteiger partial charge in [0.2, 0.25) is 12.3 Å². The summed E-state index contributed by atoms with van der Waals surface area (Å²) in [5.74, 6) is 2.52. The molecule has 0 bridgehead atoms. The van der Waals surface area contributed by atoms with Crippen LogP contribution in [0.4, 0.5) is 23.1 Å². The molecule has 2 N–H and O–H groups in total. The van der Waals surface area contributed by atoms with Crippen molar-refractivity contribution in [2.45, 2.75) is 45.5 Å². The van der Waals surface area contributed by atoms with Crippen LogP contribution in [0.15, 0.2) is 42.6 Å². The highest BCUT2D eigenvalue weighted by molar-refractivity contribution is 5.67. The lowest BCUT2D eigenvalue weighted by atomic mass is 9.89. The lowest BCUT2D eigenvalue weighted by molar-refractivity contribution is 0.160. The fourth-order valence-electron chi connectivity index (χ4n) is 5.44. The summed E-state index contributed by atoms with van der Waals surface area (Å²) in [6.45, 7) is 6.91. The van der Waals surface area contributed by atoms with Crippen molar-refractivity contribution in [3.63, 3.8) is 0 Å². The molecule has 0 aliphatic carbocycles. The van der Waals surface area contributed by atoms with Crippen LogP contribution in [-0.4, -0.2) is 60.6 Å². The number of nitrogens with zero attached hydrogens (tertiary/aromatic N) is 5. The first-order valence-corrected chi connectivity index (χ1v) is 12.6. The molecule has 2 aliphatic rings. The summed E-state index contributed by atoms with van der Waals surface area (Å²) >= 11 is 0. The van der Waals surface area contributed by atoms with Gasteiger partial charge >= 0.3 is 0 Å². The second-order valence-electron chi connectivity index (χ2n) is 10.0. The lowest BCUT2D eigenvalue weighted by Gasteiger charge is -2.42. The van der Waals surface area contributed by atoms with Gasteiger partial charge in [0.25, 0.3) is 0 Å². The number of aryl methyl sites for hydroxylation is 2. The van der Waals surface area contributed by atoms with Crippen molar-refractivity contribution in [3.05, 3.63) is 64.8 Å². The zero-order valence-electron chi connectivity index (χ0n) is 21.8. The standard InChI is InChI=1S/C28H36N6O2/c1-18-7-6-8-19(2)25(18)34-17-22-16-29-27(31-26(22)33(4)28(34)35)30-23-10-9-21(15-24(23)36-5)20-11-13-32(3)14-12-20/h6-10,15-16,20,28,35H,11-14,17H2,1-5H3,(H,29,30,31). The van der Waals surface area contributed by atoms with E-state index < -0.39 is 6.35 Å². The van der Waals surface area contributed by atoms with E-state index in [1.165, 1.54) is 5.56 Å². The number of aromatic nitrogens is 2. The number of aliphatic hydroxyl groups is 1. The predicted octanol–water partition coefficient (Wildman–Crippen LogP) is 4.39. The Balaban J connectivity index is 1.38. The molecule has 0 saturated carbocycles. The Morgan fingerprint density at radius 3 is 2.47 bits per heavy atom. The van der Waals surface area contributed by atoms with E-state index in [0.29, 0.717) is 24.2 Å². The summed E-state index contributed by atoms with van der Waals surface area (Å²) in [4.78, 5) is 15.5. The van der Waals surface area contributed by atoms with Crippen molar-refractivity contribution in [1.29, 1.82) is 0 Å². The van der Waals surface area contributed by atoms with Crippen LogP contribution in [0.5, 0.6) is 5.75 Å². The largest absolute Gasteiger partial charge is 0.495 e. The number of rotatable bonds is 5. The Morgan fingerprint density at radius 2 is 1.78 bits per heavy atom. The number of ether oxygens (including phenoxy) is 1. The highest BCUT2D eigenvalue weighted by Gasteiger charge is 2.32. The van der Waals surface area contributed by atoms with Crippen LogP contribution >= 0.6 is 0 Å². The molecule has 0 spiro atoms. The second kappa shape index (κ2) is 9.95. The van der Waals surface area contributed by atoms with Crippen LogP contribution in [-0.2, 0) is 6.54 Å². The quantitative estimate of drug-likeness (QED) is 0.548. The molecule has 8 nitrogen and oxygen atoms in total. The number of piperidine rings is 1. The fourth-order valence-corrected chi connectivity index (χ4v) is 5.44. The monoisotopic (exact) mass is 488 g/mol. The summed E-state index contributed by atoms with van der Waals surface area (Å²) in [5.41, 5.74) is 6.39. The number of hydrogen-bond acceptors (Lipinski definition) is 8. The van der Waals surface area contributed by atoms with Gasteiger partial charge < -0.3 is 29.9 Å². The van der Waals surface area contributed by atoms with Gasteiger partial charge in [0, 0.05) is 24.5 Å². The van der Waals surface area contributed by atoms with Crippen molar-refractivity contribution in [2.24, 2.45) is 0 Å². The summed E-state index contributed by atoms with van der Waals surface area (Å²) < 4.78 is 5.72. The van der Waals surface area contributed by atoms with Crippen LogP contribution < -0.4 is 19.9 Å². The van der Waals surface area contributed by atoms with Gasteiger partial charge in [0.1, 0.15) is 11.6 Å². The molecule has 3 heterocycles. The van der Waals surface area contributed by atoms with E-state index in [9.17, 15) is 5.11 Å². The van der Waals surface area contributed by atoms with E-state index >= 15 is 0 Å². The molecule has 0 amide bonds. The topological polar surface area (TPSA) is 77.0 Å². The molecule has 1 unspecified atom stereocenters. The van der Waals surface area contributed by atoms with Gasteiger partial charge in [-0.05, 0) is 81.6 Å². The van der Waals surface area contributed by atoms with E-state index in [1.807, 2.05) is 24.2 Å².